The normalized spacial score (nSPS) is 26.9. The summed E-state index contributed by atoms with van der Waals surface area (Å²) in [5, 5.41) is 17.0. The van der Waals surface area contributed by atoms with Gasteiger partial charge in [0.2, 0.25) is 5.60 Å². The quantitative estimate of drug-likeness (QED) is 0.301. The minimum absolute atomic E-state index is 0.0294. The van der Waals surface area contributed by atoms with Crippen molar-refractivity contribution >= 4 is 25.5 Å². The average molecular weight is 568 g/mol. The number of nitrogens with zero attached hydrogens (tertiary/aromatic N) is 4. The SMILES string of the molecule is CCC(CC)COC(=O)[C@H](C)N[P+](=O)OC[C@H]1O[C@@](C#N)(c2cc(F)c3c(N)ncnn23)[C@@H]2OC(C)(C)O[C@@H]21. The number of nitrogens with two attached hydrogens (primary N) is 1. The summed E-state index contributed by atoms with van der Waals surface area (Å²) in [5.41, 5.74) is 3.88. The molecule has 2 aromatic heterocycles. The molecular weight excluding hydrogens is 534 g/mol. The van der Waals surface area contributed by atoms with Gasteiger partial charge in [-0.2, -0.15) is 10.4 Å². The smallest absolute Gasteiger partial charge is 0.464 e. The molecule has 4 rings (SSSR count). The van der Waals surface area contributed by atoms with Gasteiger partial charge in [-0.1, -0.05) is 31.8 Å². The van der Waals surface area contributed by atoms with Crippen LogP contribution in [-0.2, 0) is 38.4 Å². The topological polar surface area (TPSA) is 172 Å². The summed E-state index contributed by atoms with van der Waals surface area (Å²) in [4.78, 5) is 16.1. The van der Waals surface area contributed by atoms with Crippen LogP contribution in [0.2, 0.25) is 0 Å². The number of anilines is 1. The van der Waals surface area contributed by atoms with E-state index in [1.54, 1.807) is 13.8 Å². The van der Waals surface area contributed by atoms with E-state index in [1.165, 1.54) is 6.92 Å². The van der Waals surface area contributed by atoms with Gasteiger partial charge in [0.15, 0.2) is 17.4 Å². The van der Waals surface area contributed by atoms with Crippen molar-refractivity contribution in [3.63, 3.8) is 0 Å². The number of nitrogens with one attached hydrogen (secondary N) is 1. The highest BCUT2D eigenvalue weighted by molar-refractivity contribution is 7.36. The molecule has 0 aliphatic carbocycles. The molecule has 3 N–H and O–H groups in total. The van der Waals surface area contributed by atoms with Gasteiger partial charge in [-0.3, -0.25) is 4.79 Å². The van der Waals surface area contributed by atoms with Crippen LogP contribution < -0.4 is 10.8 Å². The molecule has 2 aliphatic rings. The zero-order valence-corrected chi connectivity index (χ0v) is 23.3. The molecule has 0 amide bonds. The number of aromatic nitrogens is 3. The molecule has 0 bridgehead atoms. The van der Waals surface area contributed by atoms with Gasteiger partial charge in [0, 0.05) is 6.07 Å². The summed E-state index contributed by atoms with van der Waals surface area (Å²) in [6.45, 7) is 8.88. The van der Waals surface area contributed by atoms with Crippen LogP contribution in [0.4, 0.5) is 10.2 Å². The first-order chi connectivity index (χ1) is 18.5. The average Bonchev–Trinajstić information content (AvgIpc) is 3.50. The summed E-state index contributed by atoms with van der Waals surface area (Å²) in [6.07, 6.45) is 0.105. The summed E-state index contributed by atoms with van der Waals surface area (Å²) in [5.74, 6) is -2.26. The number of rotatable bonds is 11. The van der Waals surface area contributed by atoms with Crippen molar-refractivity contribution < 1.29 is 37.2 Å². The van der Waals surface area contributed by atoms with Gasteiger partial charge in [0.05, 0.1) is 12.3 Å². The van der Waals surface area contributed by atoms with Crippen molar-refractivity contribution in [2.24, 2.45) is 5.92 Å². The van der Waals surface area contributed by atoms with Crippen molar-refractivity contribution in [1.29, 1.82) is 5.26 Å². The molecule has 2 aliphatic heterocycles. The standard InChI is InChI=1S/C24H33FN6O7P/c1-6-14(7-2)9-34-22(32)13(3)30-39(33)35-10-16-19-20(38-23(4,5)37-19)24(11-26,36-16)17-8-15(25)18-21(27)28-12-29-31(17)18/h8,12-14,16,19-20H,6-7,9-10H2,1-5H3,(H,30,33)(H2,27,28,29)/q+1/t13-,16+,19+,20+,24-/m0/s1. The minimum atomic E-state index is -2.52. The van der Waals surface area contributed by atoms with E-state index in [-0.39, 0.29) is 36.2 Å². The number of fused-ring (bicyclic) bond motifs is 2. The molecular formula is C24H33FN6O7P+. The van der Waals surface area contributed by atoms with Gasteiger partial charge in [-0.05, 0) is 31.3 Å². The Kier molecular flexibility index (Phi) is 8.51. The minimum Gasteiger partial charge on any atom is -0.464 e. The van der Waals surface area contributed by atoms with Crippen LogP contribution >= 0.6 is 8.18 Å². The monoisotopic (exact) mass is 567 g/mol. The van der Waals surface area contributed by atoms with Crippen LogP contribution in [0, 0.1) is 23.1 Å². The Morgan fingerprint density at radius 2 is 2.08 bits per heavy atom. The number of nitriles is 1. The Labute approximate surface area is 226 Å². The number of carbonyl (C=O) groups excluding carboxylic acids is 1. The highest BCUT2D eigenvalue weighted by Crippen LogP contribution is 2.50. The molecule has 1 unspecified atom stereocenters. The summed E-state index contributed by atoms with van der Waals surface area (Å²) in [6, 6.07) is 2.31. The zero-order chi connectivity index (χ0) is 28.5. The zero-order valence-electron chi connectivity index (χ0n) is 22.4. The second-order valence-corrected chi connectivity index (χ2v) is 11.1. The lowest BCUT2D eigenvalue weighted by molar-refractivity contribution is -0.203. The second kappa shape index (κ2) is 11.4. The summed E-state index contributed by atoms with van der Waals surface area (Å²) < 4.78 is 57.6. The Bertz CT molecular complexity index is 1280. The molecule has 212 valence electrons. The van der Waals surface area contributed by atoms with Gasteiger partial charge >= 0.3 is 14.1 Å². The van der Waals surface area contributed by atoms with Crippen molar-refractivity contribution in [3.8, 4) is 6.07 Å². The fourth-order valence-corrected chi connectivity index (χ4v) is 5.53. The number of hydrogen-bond donors (Lipinski definition) is 2. The predicted molar refractivity (Wildman–Crippen MR) is 135 cm³/mol. The first kappa shape index (κ1) is 29.2. The van der Waals surface area contributed by atoms with Crippen molar-refractivity contribution in [1.82, 2.24) is 19.7 Å². The lowest BCUT2D eigenvalue weighted by atomic mass is 9.92. The maximum atomic E-state index is 14.9. The molecule has 13 nitrogen and oxygen atoms in total. The third-order valence-corrected chi connectivity index (χ3v) is 7.92. The number of carbonyl (C=O) groups is 1. The molecule has 15 heteroatoms. The number of esters is 1. The highest BCUT2D eigenvalue weighted by atomic mass is 31.1. The fourth-order valence-electron chi connectivity index (χ4n) is 4.76. The van der Waals surface area contributed by atoms with Gasteiger partial charge in [-0.15, -0.1) is 4.52 Å². The van der Waals surface area contributed by atoms with Crippen LogP contribution in [-0.4, -0.2) is 63.9 Å². The van der Waals surface area contributed by atoms with Gasteiger partial charge in [0.1, 0.15) is 48.9 Å². The third kappa shape index (κ3) is 5.61. The van der Waals surface area contributed by atoms with Crippen LogP contribution in [0.3, 0.4) is 0 Å². The highest BCUT2D eigenvalue weighted by Gasteiger charge is 2.66. The first-order valence-electron chi connectivity index (χ1n) is 12.7. The Balaban J connectivity index is 1.49. The summed E-state index contributed by atoms with van der Waals surface area (Å²) in [7, 11) is -2.52. The Hall–Kier alpha value is -2.79. The molecule has 2 fully saturated rings. The van der Waals surface area contributed by atoms with Gasteiger partial charge in [-0.25, -0.2) is 13.9 Å². The molecule has 2 aromatic rings. The third-order valence-electron chi connectivity index (χ3n) is 6.94. The largest absolute Gasteiger partial charge is 0.613 e. The number of nitrogen functional groups attached to an aromatic ring is 1. The molecule has 0 saturated carbocycles. The second-order valence-electron chi connectivity index (χ2n) is 10.0. The van der Waals surface area contributed by atoms with Crippen molar-refractivity contribution in [2.75, 3.05) is 18.9 Å². The molecule has 0 spiro atoms. The number of hydrogen-bond acceptors (Lipinski definition) is 11. The maximum absolute atomic E-state index is 14.9. The van der Waals surface area contributed by atoms with E-state index in [1.807, 2.05) is 13.8 Å². The van der Waals surface area contributed by atoms with Crippen LogP contribution in [0.5, 0.6) is 0 Å². The fraction of sp³-hybridized carbons (Fsp3) is 0.667. The van der Waals surface area contributed by atoms with Gasteiger partial charge in [0.25, 0.3) is 0 Å². The van der Waals surface area contributed by atoms with E-state index in [4.69, 9.17) is 29.2 Å². The van der Waals surface area contributed by atoms with E-state index in [0.29, 0.717) is 0 Å². The Morgan fingerprint density at radius 1 is 1.36 bits per heavy atom. The van der Waals surface area contributed by atoms with Crippen molar-refractivity contribution in [2.45, 2.75) is 83.2 Å². The Morgan fingerprint density at radius 3 is 2.74 bits per heavy atom. The lowest BCUT2D eigenvalue weighted by Crippen LogP contribution is -2.40. The molecule has 2 saturated heterocycles. The molecule has 4 heterocycles. The predicted octanol–water partition coefficient (Wildman–Crippen LogP) is 2.72. The van der Waals surface area contributed by atoms with E-state index in [9.17, 15) is 19.0 Å². The maximum Gasteiger partial charge on any atom is 0.613 e. The number of ether oxygens (including phenoxy) is 4. The van der Waals surface area contributed by atoms with Crippen LogP contribution in [0.15, 0.2) is 12.4 Å². The molecule has 6 atom stereocenters. The van der Waals surface area contributed by atoms with E-state index >= 15 is 0 Å². The molecule has 0 aromatic carbocycles. The van der Waals surface area contributed by atoms with Crippen molar-refractivity contribution in [3.05, 3.63) is 23.9 Å². The number of halogens is 1. The van der Waals surface area contributed by atoms with E-state index in [0.717, 1.165) is 29.8 Å². The van der Waals surface area contributed by atoms with Crippen LogP contribution in [0.1, 0.15) is 53.2 Å². The van der Waals surface area contributed by atoms with E-state index < -0.39 is 55.7 Å². The van der Waals surface area contributed by atoms with E-state index in [2.05, 4.69) is 21.2 Å². The lowest BCUT2D eigenvalue weighted by Gasteiger charge is -2.28. The summed E-state index contributed by atoms with van der Waals surface area (Å²) >= 11 is 0. The van der Waals surface area contributed by atoms with Gasteiger partial charge < -0.3 is 24.7 Å². The molecule has 39 heavy (non-hydrogen) atoms. The van der Waals surface area contributed by atoms with Crippen LogP contribution in [0.25, 0.3) is 5.52 Å². The first-order valence-corrected chi connectivity index (χ1v) is 13.9. The molecule has 0 radical (unpaired) electrons.